The molecule has 126 valence electrons. The van der Waals surface area contributed by atoms with Crippen LogP contribution in [-0.4, -0.2) is 34.0 Å². The molecule has 3 rings (SSSR count). The number of nitriles is 1. The smallest absolute Gasteiger partial charge is 0.122 e. The van der Waals surface area contributed by atoms with Crippen LogP contribution in [0.1, 0.15) is 5.56 Å². The van der Waals surface area contributed by atoms with E-state index < -0.39 is 6.10 Å². The molecule has 1 N–H and O–H groups in total. The second-order valence-electron chi connectivity index (χ2n) is 5.38. The van der Waals surface area contributed by atoms with Gasteiger partial charge in [-0.1, -0.05) is 6.07 Å². The summed E-state index contributed by atoms with van der Waals surface area (Å²) >= 11 is 0. The Morgan fingerprint density at radius 3 is 2.52 bits per heavy atom. The zero-order valence-electron chi connectivity index (χ0n) is 13.4. The van der Waals surface area contributed by atoms with Crippen molar-refractivity contribution in [3.8, 4) is 23.3 Å². The van der Waals surface area contributed by atoms with E-state index in [1.807, 2.05) is 41.1 Å². The molecule has 25 heavy (non-hydrogen) atoms. The van der Waals surface area contributed by atoms with E-state index in [4.69, 9.17) is 14.7 Å². The van der Waals surface area contributed by atoms with Gasteiger partial charge in [-0.3, -0.25) is 0 Å². The molecular weight excluding hydrogens is 318 g/mol. The largest absolute Gasteiger partial charge is 0.491 e. The molecule has 6 heteroatoms. The SMILES string of the molecule is N#Cc1ccc(OCC(O)COc2cccc(-n3ccnc3)c2)cc1. The molecule has 1 unspecified atom stereocenters. The highest BCUT2D eigenvalue weighted by atomic mass is 16.5. The average Bonchev–Trinajstić information content (AvgIpc) is 3.20. The predicted octanol–water partition coefficient (Wildman–Crippen LogP) is 2.56. The fourth-order valence-electron chi connectivity index (χ4n) is 2.20. The number of benzene rings is 2. The minimum Gasteiger partial charge on any atom is -0.491 e. The normalized spacial score (nSPS) is 11.5. The number of hydrogen-bond donors (Lipinski definition) is 1. The quantitative estimate of drug-likeness (QED) is 0.718. The lowest BCUT2D eigenvalue weighted by Crippen LogP contribution is -2.25. The summed E-state index contributed by atoms with van der Waals surface area (Å²) in [6, 6.07) is 16.3. The third-order valence-corrected chi connectivity index (χ3v) is 3.49. The topological polar surface area (TPSA) is 80.3 Å². The van der Waals surface area contributed by atoms with Gasteiger partial charge in [0, 0.05) is 18.5 Å². The molecule has 0 spiro atoms. The Kier molecular flexibility index (Phi) is 5.29. The summed E-state index contributed by atoms with van der Waals surface area (Å²) in [5, 5.41) is 18.8. The molecule has 0 aliphatic carbocycles. The van der Waals surface area contributed by atoms with Crippen molar-refractivity contribution < 1.29 is 14.6 Å². The van der Waals surface area contributed by atoms with Crippen LogP contribution in [0.3, 0.4) is 0 Å². The van der Waals surface area contributed by atoms with E-state index in [0.717, 1.165) is 5.69 Å². The molecule has 0 fully saturated rings. The zero-order valence-corrected chi connectivity index (χ0v) is 13.4. The van der Waals surface area contributed by atoms with E-state index in [9.17, 15) is 5.11 Å². The molecule has 0 aliphatic heterocycles. The van der Waals surface area contributed by atoms with Crippen molar-refractivity contribution in [2.45, 2.75) is 6.10 Å². The minimum atomic E-state index is -0.771. The highest BCUT2D eigenvalue weighted by molar-refractivity contribution is 5.39. The van der Waals surface area contributed by atoms with Crippen molar-refractivity contribution in [1.82, 2.24) is 9.55 Å². The van der Waals surface area contributed by atoms with Crippen LogP contribution in [0, 0.1) is 11.3 Å². The number of ether oxygens (including phenoxy) is 2. The molecule has 0 bridgehead atoms. The number of aliphatic hydroxyl groups excluding tert-OH is 1. The van der Waals surface area contributed by atoms with E-state index in [1.165, 1.54) is 0 Å². The van der Waals surface area contributed by atoms with Crippen LogP contribution in [0.4, 0.5) is 0 Å². The lowest BCUT2D eigenvalue weighted by atomic mass is 10.2. The second kappa shape index (κ2) is 7.99. The Bertz CT molecular complexity index is 839. The van der Waals surface area contributed by atoms with E-state index in [2.05, 4.69) is 4.98 Å². The fraction of sp³-hybridized carbons (Fsp3) is 0.158. The van der Waals surface area contributed by atoms with Gasteiger partial charge in [-0.25, -0.2) is 4.98 Å². The van der Waals surface area contributed by atoms with Crippen LogP contribution < -0.4 is 9.47 Å². The summed E-state index contributed by atoms with van der Waals surface area (Å²) in [5.74, 6) is 1.25. The van der Waals surface area contributed by atoms with Crippen LogP contribution in [0.15, 0.2) is 67.3 Å². The third-order valence-electron chi connectivity index (χ3n) is 3.49. The molecule has 0 aliphatic rings. The summed E-state index contributed by atoms with van der Waals surface area (Å²) in [5.41, 5.74) is 1.49. The molecule has 2 aromatic carbocycles. The molecule has 1 aromatic heterocycles. The van der Waals surface area contributed by atoms with Crippen molar-refractivity contribution in [2.75, 3.05) is 13.2 Å². The van der Waals surface area contributed by atoms with Gasteiger partial charge in [0.05, 0.1) is 23.6 Å². The number of rotatable bonds is 7. The summed E-state index contributed by atoms with van der Waals surface area (Å²) in [6.45, 7) is 0.219. The van der Waals surface area contributed by atoms with Gasteiger partial charge in [0.1, 0.15) is 30.8 Å². The van der Waals surface area contributed by atoms with Crippen molar-refractivity contribution >= 4 is 0 Å². The van der Waals surface area contributed by atoms with Gasteiger partial charge in [-0.05, 0) is 36.4 Å². The number of aliphatic hydroxyl groups is 1. The van der Waals surface area contributed by atoms with E-state index in [0.29, 0.717) is 17.1 Å². The standard InChI is InChI=1S/C19H17N3O3/c20-11-15-4-6-18(7-5-15)24-12-17(23)13-25-19-3-1-2-16(10-19)22-9-8-21-14-22/h1-10,14,17,23H,12-13H2. The van der Waals surface area contributed by atoms with E-state index in [1.54, 1.807) is 36.8 Å². The maximum atomic E-state index is 10.0. The number of hydrogen-bond acceptors (Lipinski definition) is 5. The fourth-order valence-corrected chi connectivity index (χ4v) is 2.20. The highest BCUT2D eigenvalue weighted by Gasteiger charge is 2.07. The summed E-state index contributed by atoms with van der Waals surface area (Å²) in [6.07, 6.45) is 4.49. The number of aromatic nitrogens is 2. The van der Waals surface area contributed by atoms with Gasteiger partial charge in [0.2, 0.25) is 0 Å². The zero-order chi connectivity index (χ0) is 17.5. The van der Waals surface area contributed by atoms with Crippen LogP contribution in [-0.2, 0) is 0 Å². The lowest BCUT2D eigenvalue weighted by Gasteiger charge is -2.14. The van der Waals surface area contributed by atoms with Gasteiger partial charge >= 0.3 is 0 Å². The van der Waals surface area contributed by atoms with Gasteiger partial charge in [-0.2, -0.15) is 5.26 Å². The average molecular weight is 335 g/mol. The van der Waals surface area contributed by atoms with Crippen LogP contribution >= 0.6 is 0 Å². The van der Waals surface area contributed by atoms with Gasteiger partial charge in [0.15, 0.2) is 0 Å². The molecule has 3 aromatic rings. The monoisotopic (exact) mass is 335 g/mol. The van der Waals surface area contributed by atoms with Gasteiger partial charge in [-0.15, -0.1) is 0 Å². The Morgan fingerprint density at radius 2 is 1.84 bits per heavy atom. The molecular formula is C19H17N3O3. The Balaban J connectivity index is 1.49. The predicted molar refractivity (Wildman–Crippen MR) is 91.7 cm³/mol. The first kappa shape index (κ1) is 16.6. The Hall–Kier alpha value is -3.30. The summed E-state index contributed by atoms with van der Waals surface area (Å²) in [7, 11) is 0. The first-order valence-electron chi connectivity index (χ1n) is 7.77. The first-order valence-corrected chi connectivity index (χ1v) is 7.77. The highest BCUT2D eigenvalue weighted by Crippen LogP contribution is 2.17. The van der Waals surface area contributed by atoms with Crippen LogP contribution in [0.5, 0.6) is 11.5 Å². The van der Waals surface area contributed by atoms with E-state index in [-0.39, 0.29) is 13.2 Å². The number of imidazole rings is 1. The van der Waals surface area contributed by atoms with Crippen molar-refractivity contribution in [2.24, 2.45) is 0 Å². The molecule has 1 atom stereocenters. The minimum absolute atomic E-state index is 0.104. The second-order valence-corrected chi connectivity index (χ2v) is 5.38. The summed E-state index contributed by atoms with van der Waals surface area (Å²) < 4.78 is 13.0. The van der Waals surface area contributed by atoms with Crippen molar-refractivity contribution in [3.05, 3.63) is 72.8 Å². The Morgan fingerprint density at radius 1 is 1.08 bits per heavy atom. The van der Waals surface area contributed by atoms with Crippen molar-refractivity contribution in [1.29, 1.82) is 5.26 Å². The van der Waals surface area contributed by atoms with Crippen molar-refractivity contribution in [3.63, 3.8) is 0 Å². The first-order chi connectivity index (χ1) is 12.2. The molecule has 1 heterocycles. The maximum Gasteiger partial charge on any atom is 0.122 e. The molecule has 0 saturated heterocycles. The Labute approximate surface area is 145 Å². The van der Waals surface area contributed by atoms with Gasteiger partial charge in [0.25, 0.3) is 0 Å². The van der Waals surface area contributed by atoms with E-state index >= 15 is 0 Å². The number of nitrogens with zero attached hydrogens (tertiary/aromatic N) is 3. The molecule has 0 radical (unpaired) electrons. The maximum absolute atomic E-state index is 10.0. The molecule has 0 saturated carbocycles. The van der Waals surface area contributed by atoms with Crippen LogP contribution in [0.2, 0.25) is 0 Å². The van der Waals surface area contributed by atoms with Crippen LogP contribution in [0.25, 0.3) is 5.69 Å². The third kappa shape index (κ3) is 4.59. The lowest BCUT2D eigenvalue weighted by molar-refractivity contribution is 0.0626. The molecule has 0 amide bonds. The summed E-state index contributed by atoms with van der Waals surface area (Å²) in [4.78, 5) is 4.01. The molecule has 6 nitrogen and oxygen atoms in total. The van der Waals surface area contributed by atoms with Gasteiger partial charge < -0.3 is 19.1 Å².